The molecule has 0 spiro atoms. The van der Waals surface area contributed by atoms with Gasteiger partial charge in [-0.15, -0.1) is 0 Å². The summed E-state index contributed by atoms with van der Waals surface area (Å²) in [5, 5.41) is 5.93. The Morgan fingerprint density at radius 1 is 1.33 bits per heavy atom. The zero-order valence-electron chi connectivity index (χ0n) is 10.3. The van der Waals surface area contributed by atoms with E-state index in [9.17, 15) is 4.79 Å². The lowest BCUT2D eigenvalue weighted by molar-refractivity contribution is -0.141. The summed E-state index contributed by atoms with van der Waals surface area (Å²) in [7, 11) is 0. The van der Waals surface area contributed by atoms with Gasteiger partial charge in [0, 0.05) is 18.0 Å². The number of carbonyl (C=O) groups is 1. The average molecular weight is 241 g/mol. The van der Waals surface area contributed by atoms with Crippen LogP contribution in [0.4, 0.5) is 5.69 Å². The predicted octanol–water partition coefficient (Wildman–Crippen LogP) is 2.74. The minimum Gasteiger partial charge on any atom is -0.464 e. The van der Waals surface area contributed by atoms with Crippen molar-refractivity contribution < 1.29 is 9.53 Å². The summed E-state index contributed by atoms with van der Waals surface area (Å²) in [5.41, 5.74) is 2.48. The summed E-state index contributed by atoms with van der Waals surface area (Å²) in [6.07, 6.45) is 0.910. The highest BCUT2D eigenvalue weighted by molar-refractivity contribution is 5.96. The van der Waals surface area contributed by atoms with Crippen LogP contribution in [0, 0.1) is 0 Å². The molecule has 1 unspecified atom stereocenters. The van der Waals surface area contributed by atoms with Crippen molar-refractivity contribution in [3.63, 3.8) is 0 Å². The number of ether oxygens (including phenoxy) is 1. The fraction of sp³-hybridized carbons (Fsp3) is 0.267. The lowest BCUT2D eigenvalue weighted by Gasteiger charge is -2.11. The van der Waals surface area contributed by atoms with E-state index in [1.54, 1.807) is 0 Å². The minimum atomic E-state index is -0.224. The summed E-state index contributed by atoms with van der Waals surface area (Å²) < 4.78 is 5.07. The van der Waals surface area contributed by atoms with Gasteiger partial charge in [0.25, 0.3) is 0 Å². The molecular formula is C15H15NO2. The largest absolute Gasteiger partial charge is 0.464 e. The van der Waals surface area contributed by atoms with E-state index in [4.69, 9.17) is 4.74 Å². The standard InChI is InChI=1S/C15H15NO2/c1-10(17)18-9-13-8-12-7-6-11-4-2-3-5-14(11)15(12)16-13/h2-7,13,16H,8-9H2,1H3. The second kappa shape index (κ2) is 4.33. The Hall–Kier alpha value is -2.03. The second-order valence-electron chi connectivity index (χ2n) is 4.67. The molecule has 2 aromatic rings. The van der Waals surface area contributed by atoms with Crippen LogP contribution in [-0.4, -0.2) is 18.6 Å². The van der Waals surface area contributed by atoms with E-state index in [2.05, 4.69) is 29.6 Å². The van der Waals surface area contributed by atoms with Crippen molar-refractivity contribution in [2.75, 3.05) is 11.9 Å². The average Bonchev–Trinajstić information content (AvgIpc) is 2.79. The zero-order valence-corrected chi connectivity index (χ0v) is 10.3. The Labute approximate surface area is 106 Å². The number of nitrogens with one attached hydrogen (secondary N) is 1. The second-order valence-corrected chi connectivity index (χ2v) is 4.67. The summed E-state index contributed by atoms with van der Waals surface area (Å²) in [6.45, 7) is 1.87. The molecule has 92 valence electrons. The molecule has 0 amide bonds. The van der Waals surface area contributed by atoms with Gasteiger partial charge in [-0.1, -0.05) is 36.4 Å². The first-order valence-electron chi connectivity index (χ1n) is 6.14. The van der Waals surface area contributed by atoms with Crippen LogP contribution >= 0.6 is 0 Å². The fourth-order valence-electron chi connectivity index (χ4n) is 2.50. The highest BCUT2D eigenvalue weighted by Gasteiger charge is 2.22. The van der Waals surface area contributed by atoms with Crippen LogP contribution in [0.3, 0.4) is 0 Å². The normalized spacial score (nSPS) is 17.3. The number of benzene rings is 2. The molecule has 18 heavy (non-hydrogen) atoms. The summed E-state index contributed by atoms with van der Waals surface area (Å²) >= 11 is 0. The molecule has 1 atom stereocenters. The Balaban J connectivity index is 1.88. The topological polar surface area (TPSA) is 38.3 Å². The van der Waals surface area contributed by atoms with Crippen LogP contribution in [0.25, 0.3) is 10.8 Å². The predicted molar refractivity (Wildman–Crippen MR) is 71.7 cm³/mol. The van der Waals surface area contributed by atoms with E-state index in [1.165, 1.54) is 28.9 Å². The quantitative estimate of drug-likeness (QED) is 0.822. The molecular weight excluding hydrogens is 226 g/mol. The number of hydrogen-bond acceptors (Lipinski definition) is 3. The van der Waals surface area contributed by atoms with Crippen LogP contribution in [0.1, 0.15) is 12.5 Å². The maximum absolute atomic E-state index is 10.8. The van der Waals surface area contributed by atoms with E-state index in [1.807, 2.05) is 12.1 Å². The highest BCUT2D eigenvalue weighted by Crippen LogP contribution is 2.33. The van der Waals surface area contributed by atoms with Crippen LogP contribution in [0.15, 0.2) is 36.4 Å². The molecule has 1 aliphatic rings. The third-order valence-corrected chi connectivity index (χ3v) is 3.32. The summed E-state index contributed by atoms with van der Waals surface area (Å²) in [6, 6.07) is 12.8. The van der Waals surface area contributed by atoms with Gasteiger partial charge in [-0.2, -0.15) is 0 Å². The van der Waals surface area contributed by atoms with Gasteiger partial charge in [0.1, 0.15) is 6.61 Å². The van der Waals surface area contributed by atoms with Gasteiger partial charge in [0.15, 0.2) is 0 Å². The molecule has 0 saturated heterocycles. The molecule has 0 aliphatic carbocycles. The molecule has 0 fully saturated rings. The van der Waals surface area contributed by atoms with Crippen molar-refractivity contribution in [2.24, 2.45) is 0 Å². The monoisotopic (exact) mass is 241 g/mol. The molecule has 1 N–H and O–H groups in total. The van der Waals surface area contributed by atoms with Gasteiger partial charge >= 0.3 is 5.97 Å². The summed E-state index contributed by atoms with van der Waals surface area (Å²) in [5.74, 6) is -0.224. The van der Waals surface area contributed by atoms with E-state index in [0.29, 0.717) is 6.61 Å². The zero-order chi connectivity index (χ0) is 12.5. The first kappa shape index (κ1) is 11.1. The van der Waals surface area contributed by atoms with Crippen molar-refractivity contribution >= 4 is 22.4 Å². The SMILES string of the molecule is CC(=O)OCC1Cc2ccc3ccccc3c2N1. The smallest absolute Gasteiger partial charge is 0.302 e. The molecule has 3 nitrogen and oxygen atoms in total. The van der Waals surface area contributed by atoms with Crippen molar-refractivity contribution in [1.29, 1.82) is 0 Å². The molecule has 3 heteroatoms. The Morgan fingerprint density at radius 2 is 2.17 bits per heavy atom. The minimum absolute atomic E-state index is 0.190. The summed E-state index contributed by atoms with van der Waals surface area (Å²) in [4.78, 5) is 10.8. The maximum atomic E-state index is 10.8. The van der Waals surface area contributed by atoms with Crippen LogP contribution in [-0.2, 0) is 16.0 Å². The van der Waals surface area contributed by atoms with Crippen LogP contribution < -0.4 is 5.32 Å². The molecule has 0 radical (unpaired) electrons. The van der Waals surface area contributed by atoms with E-state index >= 15 is 0 Å². The van der Waals surface area contributed by atoms with Crippen LogP contribution in [0.5, 0.6) is 0 Å². The van der Waals surface area contributed by atoms with Gasteiger partial charge in [-0.05, 0) is 17.4 Å². The van der Waals surface area contributed by atoms with Gasteiger partial charge in [-0.3, -0.25) is 4.79 Å². The molecule has 0 aromatic heterocycles. The van der Waals surface area contributed by atoms with E-state index in [0.717, 1.165) is 6.42 Å². The highest BCUT2D eigenvalue weighted by atomic mass is 16.5. The molecule has 1 heterocycles. The number of esters is 1. The third kappa shape index (κ3) is 1.92. The van der Waals surface area contributed by atoms with E-state index < -0.39 is 0 Å². The van der Waals surface area contributed by atoms with Crippen molar-refractivity contribution in [3.8, 4) is 0 Å². The third-order valence-electron chi connectivity index (χ3n) is 3.32. The number of hydrogen-bond donors (Lipinski definition) is 1. The molecule has 3 rings (SSSR count). The van der Waals surface area contributed by atoms with Gasteiger partial charge in [-0.25, -0.2) is 0 Å². The molecule has 1 aliphatic heterocycles. The van der Waals surface area contributed by atoms with Gasteiger partial charge < -0.3 is 10.1 Å². The van der Waals surface area contributed by atoms with Crippen molar-refractivity contribution in [1.82, 2.24) is 0 Å². The van der Waals surface area contributed by atoms with Crippen molar-refractivity contribution in [3.05, 3.63) is 42.0 Å². The van der Waals surface area contributed by atoms with Crippen molar-refractivity contribution in [2.45, 2.75) is 19.4 Å². The first-order chi connectivity index (χ1) is 8.74. The fourth-order valence-corrected chi connectivity index (χ4v) is 2.50. The van der Waals surface area contributed by atoms with Crippen LogP contribution in [0.2, 0.25) is 0 Å². The van der Waals surface area contributed by atoms with E-state index in [-0.39, 0.29) is 12.0 Å². The first-order valence-corrected chi connectivity index (χ1v) is 6.14. The van der Waals surface area contributed by atoms with Gasteiger partial charge in [0.2, 0.25) is 0 Å². The molecule has 2 aromatic carbocycles. The Kier molecular flexibility index (Phi) is 2.67. The Morgan fingerprint density at radius 3 is 3.00 bits per heavy atom. The number of rotatable bonds is 2. The molecule has 0 saturated carbocycles. The number of carbonyl (C=O) groups excluding carboxylic acids is 1. The maximum Gasteiger partial charge on any atom is 0.302 e. The molecule has 0 bridgehead atoms. The lowest BCUT2D eigenvalue weighted by Crippen LogP contribution is -2.23. The van der Waals surface area contributed by atoms with Gasteiger partial charge in [0.05, 0.1) is 6.04 Å². The number of fused-ring (bicyclic) bond motifs is 3. The lowest BCUT2D eigenvalue weighted by atomic mass is 10.0. The Bertz CT molecular complexity index is 606. The number of anilines is 1.